The van der Waals surface area contributed by atoms with Gasteiger partial charge in [-0.2, -0.15) is 0 Å². The molecule has 0 aliphatic heterocycles. The molecule has 0 radical (unpaired) electrons. The summed E-state index contributed by atoms with van der Waals surface area (Å²) < 4.78 is 5.17. The molecule has 0 amide bonds. The number of rotatable bonds is 6. The van der Waals surface area contributed by atoms with Crippen LogP contribution in [0, 0.1) is 0 Å². The van der Waals surface area contributed by atoms with Gasteiger partial charge >= 0.3 is 0 Å². The van der Waals surface area contributed by atoms with Crippen LogP contribution >= 0.6 is 11.8 Å². The van der Waals surface area contributed by atoms with E-state index in [1.165, 1.54) is 4.90 Å². The minimum atomic E-state index is 0.140. The number of carbonyl (C=O) groups is 1. The second-order valence-corrected chi connectivity index (χ2v) is 5.87. The number of ketones is 1. The zero-order valence-corrected chi connectivity index (χ0v) is 12.5. The third-order valence-corrected chi connectivity index (χ3v) is 4.25. The molecular formula is C17H18O2S. The van der Waals surface area contributed by atoms with Gasteiger partial charge in [-0.25, -0.2) is 0 Å². The fourth-order valence-electron chi connectivity index (χ4n) is 1.97. The molecule has 0 saturated carbocycles. The van der Waals surface area contributed by atoms with Crippen molar-refractivity contribution >= 4 is 17.5 Å². The quantitative estimate of drug-likeness (QED) is 0.731. The van der Waals surface area contributed by atoms with Crippen molar-refractivity contribution in [2.75, 3.05) is 7.11 Å². The van der Waals surface area contributed by atoms with Gasteiger partial charge in [0.1, 0.15) is 11.5 Å². The second kappa shape index (κ2) is 7.15. The van der Waals surface area contributed by atoms with Crippen molar-refractivity contribution in [1.29, 1.82) is 0 Å². The lowest BCUT2D eigenvalue weighted by atomic mass is 10.1. The van der Waals surface area contributed by atoms with Gasteiger partial charge in [0.15, 0.2) is 0 Å². The summed E-state index contributed by atoms with van der Waals surface area (Å²) in [6, 6.07) is 18.1. The SMILES string of the molecule is COc1ccc(C(CC(C)=O)Sc2ccccc2)cc1. The molecule has 2 aromatic carbocycles. The van der Waals surface area contributed by atoms with Gasteiger partial charge in [-0.15, -0.1) is 11.8 Å². The first-order valence-electron chi connectivity index (χ1n) is 6.54. The predicted octanol–water partition coefficient (Wildman–Crippen LogP) is 4.51. The van der Waals surface area contributed by atoms with Gasteiger partial charge in [0.25, 0.3) is 0 Å². The van der Waals surface area contributed by atoms with Crippen LogP contribution in [0.3, 0.4) is 0 Å². The lowest BCUT2D eigenvalue weighted by molar-refractivity contribution is -0.117. The highest BCUT2D eigenvalue weighted by Gasteiger charge is 2.15. The first-order chi connectivity index (χ1) is 9.69. The van der Waals surface area contributed by atoms with Crippen LogP contribution in [0.5, 0.6) is 5.75 Å². The fourth-order valence-corrected chi connectivity index (χ4v) is 3.22. The molecule has 2 rings (SSSR count). The Morgan fingerprint density at radius 3 is 2.30 bits per heavy atom. The Balaban J connectivity index is 2.19. The Labute approximate surface area is 124 Å². The van der Waals surface area contributed by atoms with Gasteiger partial charge in [-0.1, -0.05) is 30.3 Å². The number of methoxy groups -OCH3 is 1. The number of hydrogen-bond acceptors (Lipinski definition) is 3. The molecule has 0 saturated heterocycles. The van der Waals surface area contributed by atoms with Crippen LogP contribution in [0.4, 0.5) is 0 Å². The van der Waals surface area contributed by atoms with Crippen LogP contribution in [0.25, 0.3) is 0 Å². The number of ether oxygens (including phenoxy) is 1. The summed E-state index contributed by atoms with van der Waals surface area (Å²) in [6.07, 6.45) is 0.534. The predicted molar refractivity (Wildman–Crippen MR) is 83.3 cm³/mol. The smallest absolute Gasteiger partial charge is 0.131 e. The van der Waals surface area contributed by atoms with Crippen molar-refractivity contribution in [3.63, 3.8) is 0 Å². The lowest BCUT2D eigenvalue weighted by Crippen LogP contribution is -2.01. The Morgan fingerprint density at radius 1 is 1.10 bits per heavy atom. The van der Waals surface area contributed by atoms with Crippen molar-refractivity contribution in [3.05, 3.63) is 60.2 Å². The molecule has 2 nitrogen and oxygen atoms in total. The Bertz CT molecular complexity index is 549. The van der Waals surface area contributed by atoms with E-state index in [1.807, 2.05) is 42.5 Å². The van der Waals surface area contributed by atoms with Gasteiger partial charge < -0.3 is 4.74 Å². The fraction of sp³-hybridized carbons (Fsp3) is 0.235. The van der Waals surface area contributed by atoms with Crippen LogP contribution in [0.2, 0.25) is 0 Å². The standard InChI is InChI=1S/C17H18O2S/c1-13(18)12-17(20-16-6-4-3-5-7-16)14-8-10-15(19-2)11-9-14/h3-11,17H,12H2,1-2H3. The monoisotopic (exact) mass is 286 g/mol. The third kappa shape index (κ3) is 4.14. The summed E-state index contributed by atoms with van der Waals surface area (Å²) in [4.78, 5) is 12.7. The number of thioether (sulfide) groups is 1. The number of carbonyl (C=O) groups excluding carboxylic acids is 1. The topological polar surface area (TPSA) is 26.3 Å². The molecule has 2 aromatic rings. The number of hydrogen-bond donors (Lipinski definition) is 0. The molecule has 20 heavy (non-hydrogen) atoms. The summed E-state index contributed by atoms with van der Waals surface area (Å²) >= 11 is 1.72. The first-order valence-corrected chi connectivity index (χ1v) is 7.42. The van der Waals surface area contributed by atoms with Crippen LogP contribution < -0.4 is 4.74 Å². The van der Waals surface area contributed by atoms with Crippen LogP contribution in [0.1, 0.15) is 24.2 Å². The molecule has 1 unspecified atom stereocenters. The average Bonchev–Trinajstić information content (AvgIpc) is 2.47. The Hall–Kier alpha value is -1.74. The molecule has 0 N–H and O–H groups in total. The van der Waals surface area contributed by atoms with Gasteiger partial charge in [0, 0.05) is 16.6 Å². The molecule has 0 fully saturated rings. The minimum absolute atomic E-state index is 0.140. The van der Waals surface area contributed by atoms with E-state index in [1.54, 1.807) is 25.8 Å². The van der Waals surface area contributed by atoms with E-state index in [9.17, 15) is 4.79 Å². The Morgan fingerprint density at radius 2 is 1.75 bits per heavy atom. The Kier molecular flexibility index (Phi) is 5.24. The molecule has 0 bridgehead atoms. The van der Waals surface area contributed by atoms with E-state index in [0.717, 1.165) is 11.3 Å². The molecular weight excluding hydrogens is 268 g/mol. The lowest BCUT2D eigenvalue weighted by Gasteiger charge is -2.16. The highest BCUT2D eigenvalue weighted by molar-refractivity contribution is 7.99. The number of Topliss-reactive ketones (excluding diaryl/α,β-unsaturated/α-hetero) is 1. The summed E-state index contributed by atoms with van der Waals surface area (Å²) in [5, 5.41) is 0.140. The van der Waals surface area contributed by atoms with Crippen LogP contribution in [-0.4, -0.2) is 12.9 Å². The van der Waals surface area contributed by atoms with Crippen molar-refractivity contribution in [2.45, 2.75) is 23.5 Å². The number of benzene rings is 2. The van der Waals surface area contributed by atoms with Crippen LogP contribution in [-0.2, 0) is 4.79 Å². The zero-order chi connectivity index (χ0) is 14.4. The molecule has 0 heterocycles. The highest BCUT2D eigenvalue weighted by atomic mass is 32.2. The average molecular weight is 286 g/mol. The minimum Gasteiger partial charge on any atom is -0.497 e. The highest BCUT2D eigenvalue weighted by Crippen LogP contribution is 2.38. The molecule has 0 aliphatic carbocycles. The summed E-state index contributed by atoms with van der Waals surface area (Å²) in [6.45, 7) is 1.64. The zero-order valence-electron chi connectivity index (χ0n) is 11.7. The van der Waals surface area contributed by atoms with Crippen molar-refractivity contribution < 1.29 is 9.53 Å². The van der Waals surface area contributed by atoms with E-state index >= 15 is 0 Å². The van der Waals surface area contributed by atoms with Crippen molar-refractivity contribution in [3.8, 4) is 5.75 Å². The summed E-state index contributed by atoms with van der Waals surface area (Å²) in [5.74, 6) is 1.04. The van der Waals surface area contributed by atoms with Crippen molar-refractivity contribution in [1.82, 2.24) is 0 Å². The third-order valence-electron chi connectivity index (χ3n) is 2.98. The molecule has 104 valence electrons. The van der Waals surface area contributed by atoms with E-state index in [4.69, 9.17) is 4.74 Å². The summed E-state index contributed by atoms with van der Waals surface area (Å²) in [7, 11) is 1.65. The van der Waals surface area contributed by atoms with Gasteiger partial charge in [-0.05, 0) is 36.8 Å². The van der Waals surface area contributed by atoms with E-state index in [-0.39, 0.29) is 11.0 Å². The van der Waals surface area contributed by atoms with E-state index < -0.39 is 0 Å². The van der Waals surface area contributed by atoms with Crippen LogP contribution in [0.15, 0.2) is 59.5 Å². The first kappa shape index (κ1) is 14.7. The maximum absolute atomic E-state index is 11.5. The van der Waals surface area contributed by atoms with Gasteiger partial charge in [0.2, 0.25) is 0 Å². The maximum Gasteiger partial charge on any atom is 0.131 e. The second-order valence-electron chi connectivity index (χ2n) is 4.60. The molecule has 1 atom stereocenters. The molecule has 0 spiro atoms. The van der Waals surface area contributed by atoms with Gasteiger partial charge in [-0.3, -0.25) is 4.79 Å². The molecule has 0 aliphatic rings. The van der Waals surface area contributed by atoms with E-state index in [0.29, 0.717) is 6.42 Å². The van der Waals surface area contributed by atoms with E-state index in [2.05, 4.69) is 12.1 Å². The van der Waals surface area contributed by atoms with Gasteiger partial charge in [0.05, 0.1) is 7.11 Å². The largest absolute Gasteiger partial charge is 0.497 e. The maximum atomic E-state index is 11.5. The molecule has 3 heteroatoms. The normalized spacial score (nSPS) is 11.9. The van der Waals surface area contributed by atoms with Crippen molar-refractivity contribution in [2.24, 2.45) is 0 Å². The molecule has 0 aromatic heterocycles. The summed E-state index contributed by atoms with van der Waals surface area (Å²) in [5.41, 5.74) is 1.15.